The van der Waals surface area contributed by atoms with Crippen molar-refractivity contribution < 1.29 is 4.74 Å². The normalized spacial score (nSPS) is 30.0. The van der Waals surface area contributed by atoms with Gasteiger partial charge in [0, 0.05) is 18.6 Å². The maximum absolute atomic E-state index is 5.61. The average Bonchev–Trinajstić information content (AvgIpc) is 3.04. The standard InChI is InChI=1S/C12H22N2O.ClH/c1-5-13-6-2-11(1)9-14-7-8-15-10-12(14)3-4-12;/h11,13H,1-10H2;1H. The van der Waals surface area contributed by atoms with Crippen LogP contribution in [0.3, 0.4) is 0 Å². The zero-order valence-electron chi connectivity index (χ0n) is 9.91. The number of halogens is 1. The molecule has 0 aromatic heterocycles. The lowest BCUT2D eigenvalue weighted by molar-refractivity contribution is -0.0287. The largest absolute Gasteiger partial charge is 0.378 e. The zero-order valence-corrected chi connectivity index (χ0v) is 10.7. The second kappa shape index (κ2) is 5.21. The minimum absolute atomic E-state index is 0. The third-order valence-corrected chi connectivity index (χ3v) is 4.31. The molecule has 1 aliphatic carbocycles. The van der Waals surface area contributed by atoms with Crippen molar-refractivity contribution in [2.75, 3.05) is 39.4 Å². The van der Waals surface area contributed by atoms with Crippen molar-refractivity contribution >= 4 is 12.4 Å². The smallest absolute Gasteiger partial charge is 0.0651 e. The first-order valence-corrected chi connectivity index (χ1v) is 6.43. The Balaban J connectivity index is 0.000000963. The Morgan fingerprint density at radius 3 is 2.69 bits per heavy atom. The molecule has 94 valence electrons. The van der Waals surface area contributed by atoms with Crippen molar-refractivity contribution in [3.05, 3.63) is 0 Å². The lowest BCUT2D eigenvalue weighted by Crippen LogP contribution is -2.50. The van der Waals surface area contributed by atoms with Crippen LogP contribution in [0.25, 0.3) is 0 Å². The van der Waals surface area contributed by atoms with Gasteiger partial charge in [-0.2, -0.15) is 0 Å². The molecule has 1 saturated carbocycles. The first-order chi connectivity index (χ1) is 7.39. The van der Waals surface area contributed by atoms with Crippen LogP contribution in [-0.2, 0) is 4.74 Å². The fourth-order valence-electron chi connectivity index (χ4n) is 3.03. The Kier molecular flexibility index (Phi) is 4.11. The van der Waals surface area contributed by atoms with Gasteiger partial charge in [0.15, 0.2) is 0 Å². The Labute approximate surface area is 104 Å². The summed E-state index contributed by atoms with van der Waals surface area (Å²) >= 11 is 0. The molecular formula is C12H23ClN2O. The molecule has 2 aliphatic heterocycles. The van der Waals surface area contributed by atoms with Crippen LogP contribution in [0.5, 0.6) is 0 Å². The molecule has 0 aromatic rings. The highest BCUT2D eigenvalue weighted by Crippen LogP contribution is 2.44. The van der Waals surface area contributed by atoms with E-state index in [4.69, 9.17) is 4.74 Å². The lowest BCUT2D eigenvalue weighted by Gasteiger charge is -2.39. The van der Waals surface area contributed by atoms with E-state index in [1.54, 1.807) is 0 Å². The van der Waals surface area contributed by atoms with Crippen LogP contribution < -0.4 is 5.32 Å². The van der Waals surface area contributed by atoms with Gasteiger partial charge < -0.3 is 10.1 Å². The summed E-state index contributed by atoms with van der Waals surface area (Å²) in [5.41, 5.74) is 0.489. The number of piperidine rings is 1. The number of nitrogens with zero attached hydrogens (tertiary/aromatic N) is 1. The summed E-state index contributed by atoms with van der Waals surface area (Å²) in [6.45, 7) is 6.89. The number of ether oxygens (including phenoxy) is 1. The molecule has 0 bridgehead atoms. The van der Waals surface area contributed by atoms with Crippen molar-refractivity contribution in [1.82, 2.24) is 10.2 Å². The van der Waals surface area contributed by atoms with Gasteiger partial charge in [-0.05, 0) is 44.7 Å². The van der Waals surface area contributed by atoms with Gasteiger partial charge in [-0.1, -0.05) is 0 Å². The SMILES string of the molecule is C1CC(CN2CCOCC23CC3)CCN1.Cl. The van der Waals surface area contributed by atoms with E-state index in [-0.39, 0.29) is 12.4 Å². The van der Waals surface area contributed by atoms with E-state index in [1.165, 1.54) is 51.9 Å². The number of morpholine rings is 1. The third-order valence-electron chi connectivity index (χ3n) is 4.31. The molecule has 4 heteroatoms. The van der Waals surface area contributed by atoms with E-state index >= 15 is 0 Å². The maximum atomic E-state index is 5.61. The minimum atomic E-state index is 0. The van der Waals surface area contributed by atoms with Gasteiger partial charge in [0.25, 0.3) is 0 Å². The molecule has 0 amide bonds. The molecule has 3 fully saturated rings. The maximum Gasteiger partial charge on any atom is 0.0651 e. The van der Waals surface area contributed by atoms with Crippen LogP contribution in [0, 0.1) is 5.92 Å². The van der Waals surface area contributed by atoms with Crippen molar-refractivity contribution in [2.45, 2.75) is 31.2 Å². The molecule has 1 N–H and O–H groups in total. The molecule has 0 unspecified atom stereocenters. The second-order valence-corrected chi connectivity index (χ2v) is 5.42. The first-order valence-electron chi connectivity index (χ1n) is 6.43. The molecule has 0 atom stereocenters. The van der Waals surface area contributed by atoms with Gasteiger partial charge in [0.1, 0.15) is 0 Å². The Hall–Kier alpha value is 0.170. The third kappa shape index (κ3) is 2.53. The summed E-state index contributed by atoms with van der Waals surface area (Å²) in [6, 6.07) is 0. The number of rotatable bonds is 2. The van der Waals surface area contributed by atoms with Gasteiger partial charge in [-0.15, -0.1) is 12.4 Å². The fraction of sp³-hybridized carbons (Fsp3) is 1.00. The molecule has 1 spiro atoms. The second-order valence-electron chi connectivity index (χ2n) is 5.42. The van der Waals surface area contributed by atoms with Crippen molar-refractivity contribution in [3.8, 4) is 0 Å². The number of hydrogen-bond donors (Lipinski definition) is 1. The topological polar surface area (TPSA) is 24.5 Å². The summed E-state index contributed by atoms with van der Waals surface area (Å²) in [5, 5.41) is 3.45. The molecule has 16 heavy (non-hydrogen) atoms. The van der Waals surface area contributed by atoms with Crippen LogP contribution in [0.4, 0.5) is 0 Å². The van der Waals surface area contributed by atoms with Gasteiger partial charge >= 0.3 is 0 Å². The number of hydrogen-bond acceptors (Lipinski definition) is 3. The van der Waals surface area contributed by atoms with E-state index in [1.807, 2.05) is 0 Å². The van der Waals surface area contributed by atoms with Gasteiger partial charge in [0.05, 0.1) is 13.2 Å². The molecule has 0 radical (unpaired) electrons. The van der Waals surface area contributed by atoms with Crippen molar-refractivity contribution in [2.24, 2.45) is 5.92 Å². The summed E-state index contributed by atoms with van der Waals surface area (Å²) < 4.78 is 5.61. The summed E-state index contributed by atoms with van der Waals surface area (Å²) in [7, 11) is 0. The molecular weight excluding hydrogens is 224 g/mol. The molecule has 3 rings (SSSR count). The number of nitrogens with one attached hydrogen (secondary N) is 1. The van der Waals surface area contributed by atoms with Crippen molar-refractivity contribution in [3.63, 3.8) is 0 Å². The molecule has 3 aliphatic rings. The van der Waals surface area contributed by atoms with Gasteiger partial charge in [-0.3, -0.25) is 4.90 Å². The van der Waals surface area contributed by atoms with Crippen LogP contribution in [0.15, 0.2) is 0 Å². The van der Waals surface area contributed by atoms with Crippen LogP contribution in [0.1, 0.15) is 25.7 Å². The minimum Gasteiger partial charge on any atom is -0.378 e. The first kappa shape index (κ1) is 12.6. The van der Waals surface area contributed by atoms with Crippen LogP contribution >= 0.6 is 12.4 Å². The molecule has 0 aromatic carbocycles. The molecule has 2 saturated heterocycles. The highest BCUT2D eigenvalue weighted by molar-refractivity contribution is 5.85. The summed E-state index contributed by atoms with van der Waals surface area (Å²) in [6.07, 6.45) is 5.48. The van der Waals surface area contributed by atoms with Crippen LogP contribution in [-0.4, -0.2) is 49.8 Å². The Bertz CT molecular complexity index is 227. The predicted molar refractivity (Wildman–Crippen MR) is 67.2 cm³/mol. The zero-order chi connectivity index (χ0) is 10.1. The fourth-order valence-corrected chi connectivity index (χ4v) is 3.03. The van der Waals surface area contributed by atoms with E-state index in [0.717, 1.165) is 19.1 Å². The van der Waals surface area contributed by atoms with E-state index < -0.39 is 0 Å². The van der Waals surface area contributed by atoms with Gasteiger partial charge in [-0.25, -0.2) is 0 Å². The Morgan fingerprint density at radius 1 is 1.25 bits per heavy atom. The average molecular weight is 247 g/mol. The van der Waals surface area contributed by atoms with Gasteiger partial charge in [0.2, 0.25) is 0 Å². The van der Waals surface area contributed by atoms with Crippen LogP contribution in [0.2, 0.25) is 0 Å². The Morgan fingerprint density at radius 2 is 2.00 bits per heavy atom. The highest BCUT2D eigenvalue weighted by atomic mass is 35.5. The monoisotopic (exact) mass is 246 g/mol. The quantitative estimate of drug-likeness (QED) is 0.794. The lowest BCUT2D eigenvalue weighted by atomic mass is 9.96. The van der Waals surface area contributed by atoms with Crippen molar-refractivity contribution in [1.29, 1.82) is 0 Å². The predicted octanol–water partition coefficient (Wildman–Crippen LogP) is 1.27. The summed E-state index contributed by atoms with van der Waals surface area (Å²) in [4.78, 5) is 2.73. The van der Waals surface area contributed by atoms with E-state index in [2.05, 4.69) is 10.2 Å². The molecule has 3 nitrogen and oxygen atoms in total. The van der Waals surface area contributed by atoms with E-state index in [0.29, 0.717) is 5.54 Å². The molecule has 2 heterocycles. The highest BCUT2D eigenvalue weighted by Gasteiger charge is 2.50. The summed E-state index contributed by atoms with van der Waals surface area (Å²) in [5.74, 6) is 0.932. The van der Waals surface area contributed by atoms with E-state index in [9.17, 15) is 0 Å².